The highest BCUT2D eigenvalue weighted by molar-refractivity contribution is 5.82. The fourth-order valence-electron chi connectivity index (χ4n) is 3.21. The van der Waals surface area contributed by atoms with Gasteiger partial charge >= 0.3 is 6.18 Å². The van der Waals surface area contributed by atoms with Crippen LogP contribution in [0.25, 0.3) is 0 Å². The molecule has 0 unspecified atom stereocenters. The first kappa shape index (κ1) is 20.6. The Morgan fingerprint density at radius 2 is 1.55 bits per heavy atom. The predicted molar refractivity (Wildman–Crippen MR) is 114 cm³/mol. The van der Waals surface area contributed by atoms with E-state index in [0.29, 0.717) is 11.9 Å². The summed E-state index contributed by atoms with van der Waals surface area (Å²) in [6, 6.07) is 14.6. The summed E-state index contributed by atoms with van der Waals surface area (Å²) < 4.78 is 39.5. The molecule has 1 fully saturated rings. The first-order valence-electron chi connectivity index (χ1n) is 9.77. The van der Waals surface area contributed by atoms with Crippen molar-refractivity contribution in [2.75, 3.05) is 28.7 Å². The fourth-order valence-corrected chi connectivity index (χ4v) is 3.21. The van der Waals surface area contributed by atoms with E-state index in [1.807, 2.05) is 35.2 Å². The molecule has 0 aliphatic carbocycles. The van der Waals surface area contributed by atoms with Crippen molar-refractivity contribution in [1.82, 2.24) is 15.0 Å². The van der Waals surface area contributed by atoms with Gasteiger partial charge in [0.2, 0.25) is 17.8 Å². The van der Waals surface area contributed by atoms with Crippen LogP contribution in [0.1, 0.15) is 24.0 Å². The van der Waals surface area contributed by atoms with Crippen molar-refractivity contribution in [3.05, 3.63) is 65.7 Å². The zero-order chi connectivity index (χ0) is 21.7. The number of nitrogens with zero attached hydrogens (tertiary/aromatic N) is 5. The van der Waals surface area contributed by atoms with Gasteiger partial charge in [-0.05, 0) is 31.0 Å². The van der Waals surface area contributed by atoms with Gasteiger partial charge in [0.25, 0.3) is 0 Å². The molecule has 0 atom stereocenters. The number of benzene rings is 2. The third-order valence-corrected chi connectivity index (χ3v) is 4.68. The van der Waals surface area contributed by atoms with Gasteiger partial charge in [-0.1, -0.05) is 36.4 Å². The maximum absolute atomic E-state index is 13.2. The number of hydrogen-bond acceptors (Lipinski definition) is 7. The number of alkyl halides is 3. The number of hydrazone groups is 1. The minimum atomic E-state index is -4.47. The largest absolute Gasteiger partial charge is 0.417 e. The second-order valence-corrected chi connectivity index (χ2v) is 6.92. The fraction of sp³-hybridized carbons (Fsp3) is 0.238. The number of anilines is 4. The quantitative estimate of drug-likeness (QED) is 0.439. The lowest BCUT2D eigenvalue weighted by atomic mass is 10.1. The van der Waals surface area contributed by atoms with Crippen molar-refractivity contribution in [3.63, 3.8) is 0 Å². The van der Waals surface area contributed by atoms with Gasteiger partial charge in [0.05, 0.1) is 11.8 Å². The smallest absolute Gasteiger partial charge is 0.341 e. The third-order valence-electron chi connectivity index (χ3n) is 4.68. The predicted octanol–water partition coefficient (Wildman–Crippen LogP) is 4.68. The number of para-hydroxylation sites is 1. The van der Waals surface area contributed by atoms with E-state index in [0.717, 1.165) is 43.9 Å². The van der Waals surface area contributed by atoms with Crippen LogP contribution in [0.5, 0.6) is 0 Å². The average molecular weight is 427 g/mol. The first-order chi connectivity index (χ1) is 15.0. The highest BCUT2D eigenvalue weighted by Crippen LogP contribution is 2.31. The molecule has 7 nitrogen and oxygen atoms in total. The summed E-state index contributed by atoms with van der Waals surface area (Å²) in [7, 11) is 0. The molecule has 1 aliphatic rings. The first-order valence-corrected chi connectivity index (χ1v) is 9.77. The van der Waals surface area contributed by atoms with E-state index in [1.165, 1.54) is 18.2 Å². The molecule has 1 aliphatic heterocycles. The van der Waals surface area contributed by atoms with Gasteiger partial charge in [0.15, 0.2) is 0 Å². The van der Waals surface area contributed by atoms with Crippen molar-refractivity contribution < 1.29 is 13.2 Å². The maximum atomic E-state index is 13.2. The van der Waals surface area contributed by atoms with Crippen LogP contribution in [-0.4, -0.2) is 34.3 Å². The van der Waals surface area contributed by atoms with Gasteiger partial charge in [0, 0.05) is 24.3 Å². The highest BCUT2D eigenvalue weighted by atomic mass is 19.4. The monoisotopic (exact) mass is 427 g/mol. The van der Waals surface area contributed by atoms with E-state index in [2.05, 4.69) is 30.8 Å². The Morgan fingerprint density at radius 1 is 0.871 bits per heavy atom. The van der Waals surface area contributed by atoms with Crippen LogP contribution >= 0.6 is 0 Å². The van der Waals surface area contributed by atoms with Crippen LogP contribution in [0.3, 0.4) is 0 Å². The van der Waals surface area contributed by atoms with Crippen LogP contribution in [0, 0.1) is 0 Å². The van der Waals surface area contributed by atoms with Gasteiger partial charge in [-0.3, -0.25) is 0 Å². The van der Waals surface area contributed by atoms with Crippen LogP contribution in [0.4, 0.5) is 36.7 Å². The van der Waals surface area contributed by atoms with Gasteiger partial charge in [-0.15, -0.1) is 0 Å². The van der Waals surface area contributed by atoms with Crippen LogP contribution in [0.2, 0.25) is 0 Å². The number of nitrogens with one attached hydrogen (secondary N) is 2. The highest BCUT2D eigenvalue weighted by Gasteiger charge is 2.32. The Labute approximate surface area is 177 Å². The molecular weight excluding hydrogens is 407 g/mol. The molecule has 3 aromatic rings. The lowest BCUT2D eigenvalue weighted by molar-refractivity contribution is -0.137. The Balaban J connectivity index is 1.58. The minimum Gasteiger partial charge on any atom is -0.341 e. The summed E-state index contributed by atoms with van der Waals surface area (Å²) in [6.07, 6.45) is -1.28. The van der Waals surface area contributed by atoms with E-state index in [1.54, 1.807) is 0 Å². The Kier molecular flexibility index (Phi) is 5.96. The van der Waals surface area contributed by atoms with Crippen molar-refractivity contribution >= 4 is 29.7 Å². The molecule has 2 aromatic carbocycles. The molecule has 10 heteroatoms. The molecule has 0 bridgehead atoms. The van der Waals surface area contributed by atoms with Gasteiger partial charge in [0.1, 0.15) is 0 Å². The van der Waals surface area contributed by atoms with Crippen LogP contribution in [0.15, 0.2) is 59.7 Å². The van der Waals surface area contributed by atoms with E-state index >= 15 is 0 Å². The normalized spacial score (nSPS) is 14.2. The molecule has 4 rings (SSSR count). The molecule has 0 radical (unpaired) electrons. The Bertz CT molecular complexity index is 1050. The third kappa shape index (κ3) is 5.27. The zero-order valence-electron chi connectivity index (χ0n) is 16.5. The number of halogens is 3. The topological polar surface area (TPSA) is 78.3 Å². The minimum absolute atomic E-state index is 0.0565. The summed E-state index contributed by atoms with van der Waals surface area (Å²) in [5, 5.41) is 7.04. The molecule has 0 saturated carbocycles. The standard InChI is InChI=1S/C21H20F3N7/c22-21(23,24)17-11-5-4-8-15(17)14-25-30-19-27-18(26-16-9-2-1-3-10-16)28-20(29-19)31-12-6-7-13-31/h1-5,8-11,14H,6-7,12-13H2,(H2,26,27,28,29,30)/b25-14-. The summed E-state index contributed by atoms with van der Waals surface area (Å²) in [5.74, 6) is 0.937. The molecule has 0 amide bonds. The average Bonchev–Trinajstić information content (AvgIpc) is 3.29. The molecule has 160 valence electrons. The molecular formula is C21H20F3N7. The zero-order valence-corrected chi connectivity index (χ0v) is 16.5. The van der Waals surface area contributed by atoms with Gasteiger partial charge in [-0.2, -0.15) is 33.2 Å². The van der Waals surface area contributed by atoms with Crippen molar-refractivity contribution in [3.8, 4) is 0 Å². The van der Waals surface area contributed by atoms with Gasteiger partial charge in [-0.25, -0.2) is 5.43 Å². The maximum Gasteiger partial charge on any atom is 0.417 e. The molecule has 2 N–H and O–H groups in total. The number of aromatic nitrogens is 3. The molecule has 0 spiro atoms. The Morgan fingerprint density at radius 3 is 2.29 bits per heavy atom. The SMILES string of the molecule is FC(F)(F)c1ccccc1/C=N\Nc1nc(Nc2ccccc2)nc(N2CCCC2)n1. The number of hydrogen-bond donors (Lipinski definition) is 2. The van der Waals surface area contributed by atoms with E-state index in [-0.39, 0.29) is 11.5 Å². The van der Waals surface area contributed by atoms with E-state index in [9.17, 15) is 13.2 Å². The molecule has 31 heavy (non-hydrogen) atoms. The van der Waals surface area contributed by atoms with Crippen LogP contribution < -0.4 is 15.6 Å². The lowest BCUT2D eigenvalue weighted by Crippen LogP contribution is -2.21. The number of rotatable bonds is 6. The molecule has 1 aromatic heterocycles. The van der Waals surface area contributed by atoms with E-state index in [4.69, 9.17) is 0 Å². The summed E-state index contributed by atoms with van der Waals surface area (Å²) in [6.45, 7) is 1.66. The van der Waals surface area contributed by atoms with Gasteiger partial charge < -0.3 is 10.2 Å². The van der Waals surface area contributed by atoms with Crippen molar-refractivity contribution in [1.29, 1.82) is 0 Å². The Hall–Kier alpha value is -3.69. The molecule has 2 heterocycles. The second kappa shape index (κ2) is 8.99. The molecule has 1 saturated heterocycles. The van der Waals surface area contributed by atoms with E-state index < -0.39 is 11.7 Å². The second-order valence-electron chi connectivity index (χ2n) is 6.92. The van der Waals surface area contributed by atoms with Crippen molar-refractivity contribution in [2.45, 2.75) is 19.0 Å². The summed E-state index contributed by atoms with van der Waals surface area (Å²) >= 11 is 0. The van der Waals surface area contributed by atoms with Crippen LogP contribution in [-0.2, 0) is 6.18 Å². The summed E-state index contributed by atoms with van der Waals surface area (Å²) in [5.41, 5.74) is 2.62. The lowest BCUT2D eigenvalue weighted by Gasteiger charge is -2.16. The summed E-state index contributed by atoms with van der Waals surface area (Å²) in [4.78, 5) is 15.2. The van der Waals surface area contributed by atoms with Crippen molar-refractivity contribution in [2.24, 2.45) is 5.10 Å².